The van der Waals surface area contributed by atoms with E-state index in [0.29, 0.717) is 0 Å². The zero-order chi connectivity index (χ0) is 19.2. The summed E-state index contributed by atoms with van der Waals surface area (Å²) < 4.78 is 6.57. The first kappa shape index (κ1) is 19.0. The first-order valence-electron chi connectivity index (χ1n) is 9.42. The van der Waals surface area contributed by atoms with Crippen molar-refractivity contribution in [2.45, 2.75) is 11.5 Å². The third-order valence-corrected chi connectivity index (χ3v) is 6.16. The molecule has 0 aliphatic carbocycles. The van der Waals surface area contributed by atoms with Crippen LogP contribution in [0.1, 0.15) is 28.2 Å². The second-order valence-electron chi connectivity index (χ2n) is 6.82. The molecule has 0 aliphatic rings. The van der Waals surface area contributed by atoms with Crippen molar-refractivity contribution in [1.29, 1.82) is 0 Å². The summed E-state index contributed by atoms with van der Waals surface area (Å²) in [6.45, 7) is 0. The SMILES string of the molecule is [Sn][O]C(c1ccccc1)(c1ccccc1)C(c1ccccc1)c1ccccc1. The quantitative estimate of drug-likeness (QED) is 0.322. The summed E-state index contributed by atoms with van der Waals surface area (Å²) in [5.41, 5.74) is 4.20. The Morgan fingerprint density at radius 3 is 1.14 bits per heavy atom. The van der Waals surface area contributed by atoms with E-state index in [1.54, 1.807) is 0 Å². The van der Waals surface area contributed by atoms with Crippen molar-refractivity contribution in [3.8, 4) is 0 Å². The molecule has 4 aromatic rings. The topological polar surface area (TPSA) is 9.23 Å². The average molecular weight is 468 g/mol. The molecule has 3 radical (unpaired) electrons. The van der Waals surface area contributed by atoms with Crippen molar-refractivity contribution in [1.82, 2.24) is 0 Å². The number of benzene rings is 4. The standard InChI is InChI=1S/C26H21O.Sn/c27-26(23-17-9-3-10-18-23,24-19-11-4-12-20-24)25(21-13-5-1-6-14-21)22-15-7-2-8-16-22;/h1-20,25H;/q-1;+1. The van der Waals surface area contributed by atoms with Crippen molar-refractivity contribution in [2.75, 3.05) is 0 Å². The zero-order valence-electron chi connectivity index (χ0n) is 15.5. The fourth-order valence-electron chi connectivity index (χ4n) is 4.00. The monoisotopic (exact) mass is 469 g/mol. The van der Waals surface area contributed by atoms with Crippen molar-refractivity contribution < 1.29 is 3.07 Å². The van der Waals surface area contributed by atoms with E-state index in [2.05, 4.69) is 121 Å². The van der Waals surface area contributed by atoms with Crippen LogP contribution in [0, 0.1) is 0 Å². The Bertz CT molecular complexity index is 907. The van der Waals surface area contributed by atoms with E-state index in [1.165, 1.54) is 11.1 Å². The third-order valence-electron chi connectivity index (χ3n) is 5.24. The predicted octanol–water partition coefficient (Wildman–Crippen LogP) is 5.86. The Labute approximate surface area is 180 Å². The molecule has 1 nitrogen and oxygen atoms in total. The zero-order valence-corrected chi connectivity index (χ0v) is 18.4. The summed E-state index contributed by atoms with van der Waals surface area (Å²) >= 11 is 1.04. The Morgan fingerprint density at radius 2 is 0.821 bits per heavy atom. The number of hydrogen-bond acceptors (Lipinski definition) is 1. The van der Waals surface area contributed by atoms with Gasteiger partial charge in [0, 0.05) is 0 Å². The second-order valence-corrected chi connectivity index (χ2v) is 7.41. The van der Waals surface area contributed by atoms with Gasteiger partial charge in [0.05, 0.1) is 0 Å². The van der Waals surface area contributed by atoms with Crippen LogP contribution in [0.2, 0.25) is 0 Å². The summed E-state index contributed by atoms with van der Waals surface area (Å²) in [4.78, 5) is 0. The summed E-state index contributed by atoms with van der Waals surface area (Å²) in [6.07, 6.45) is 0. The molecule has 0 aromatic heterocycles. The van der Waals surface area contributed by atoms with E-state index in [1.807, 2.05) is 0 Å². The van der Waals surface area contributed by atoms with Crippen LogP contribution in [-0.4, -0.2) is 22.9 Å². The van der Waals surface area contributed by atoms with Gasteiger partial charge in [-0.05, 0) is 0 Å². The molecular formula is C26H21OSn. The molecule has 4 rings (SSSR count). The molecule has 0 N–H and O–H groups in total. The molecule has 4 aromatic carbocycles. The average Bonchev–Trinajstić information content (AvgIpc) is 2.80. The molecule has 0 bridgehead atoms. The molecule has 0 spiro atoms. The Morgan fingerprint density at radius 1 is 0.500 bits per heavy atom. The van der Waals surface area contributed by atoms with E-state index in [0.717, 1.165) is 34.1 Å². The van der Waals surface area contributed by atoms with Crippen LogP contribution in [0.3, 0.4) is 0 Å². The van der Waals surface area contributed by atoms with Crippen molar-refractivity contribution >= 4 is 22.9 Å². The summed E-state index contributed by atoms with van der Waals surface area (Å²) in [7, 11) is 0. The molecule has 0 unspecified atom stereocenters. The van der Waals surface area contributed by atoms with Gasteiger partial charge >= 0.3 is 181 Å². The second kappa shape index (κ2) is 8.76. The van der Waals surface area contributed by atoms with E-state index in [-0.39, 0.29) is 5.92 Å². The van der Waals surface area contributed by atoms with Gasteiger partial charge in [0.25, 0.3) is 0 Å². The Kier molecular flexibility index (Phi) is 5.94. The fourth-order valence-corrected chi connectivity index (χ4v) is 5.01. The van der Waals surface area contributed by atoms with Gasteiger partial charge in [-0.25, -0.2) is 0 Å². The molecule has 0 aliphatic heterocycles. The van der Waals surface area contributed by atoms with Crippen LogP contribution in [0.15, 0.2) is 121 Å². The maximum absolute atomic E-state index is 6.57. The van der Waals surface area contributed by atoms with E-state index in [4.69, 9.17) is 3.07 Å². The van der Waals surface area contributed by atoms with Gasteiger partial charge in [-0.1, -0.05) is 0 Å². The van der Waals surface area contributed by atoms with Crippen LogP contribution in [0.5, 0.6) is 0 Å². The van der Waals surface area contributed by atoms with Gasteiger partial charge in [0.2, 0.25) is 0 Å². The first-order chi connectivity index (χ1) is 13.9. The van der Waals surface area contributed by atoms with Gasteiger partial charge < -0.3 is 0 Å². The molecule has 0 atom stereocenters. The van der Waals surface area contributed by atoms with Crippen LogP contribution in [0.25, 0.3) is 0 Å². The van der Waals surface area contributed by atoms with E-state index < -0.39 is 5.60 Å². The van der Waals surface area contributed by atoms with Crippen LogP contribution in [0.4, 0.5) is 0 Å². The van der Waals surface area contributed by atoms with Gasteiger partial charge in [-0.2, -0.15) is 0 Å². The molecule has 0 saturated carbocycles. The summed E-state index contributed by atoms with van der Waals surface area (Å²) in [6, 6.07) is 42.6. The molecule has 2 heteroatoms. The van der Waals surface area contributed by atoms with Crippen molar-refractivity contribution in [2.24, 2.45) is 0 Å². The molecule has 0 heterocycles. The molecule has 28 heavy (non-hydrogen) atoms. The Balaban J connectivity index is 2.05. The molecular weight excluding hydrogens is 447 g/mol. The van der Waals surface area contributed by atoms with Gasteiger partial charge in [0.15, 0.2) is 0 Å². The van der Waals surface area contributed by atoms with Crippen LogP contribution < -0.4 is 0 Å². The molecule has 0 fully saturated rings. The predicted molar refractivity (Wildman–Crippen MR) is 115 cm³/mol. The summed E-state index contributed by atoms with van der Waals surface area (Å²) in [5, 5.41) is 0. The van der Waals surface area contributed by atoms with Gasteiger partial charge in [-0.3, -0.25) is 0 Å². The minimum atomic E-state index is -0.608. The van der Waals surface area contributed by atoms with Crippen molar-refractivity contribution in [3.05, 3.63) is 144 Å². The first-order valence-corrected chi connectivity index (χ1v) is 10.6. The summed E-state index contributed by atoms with van der Waals surface area (Å²) in [5.74, 6) is 0.0269. The third kappa shape index (κ3) is 3.52. The minimum absolute atomic E-state index is 0.0269. The van der Waals surface area contributed by atoms with Crippen LogP contribution in [-0.2, 0) is 8.68 Å². The molecule has 135 valence electrons. The fraction of sp³-hybridized carbons (Fsp3) is 0.0769. The molecule has 0 amide bonds. The van der Waals surface area contributed by atoms with Crippen LogP contribution >= 0.6 is 0 Å². The van der Waals surface area contributed by atoms with E-state index >= 15 is 0 Å². The normalized spacial score (nSPS) is 11.5. The van der Waals surface area contributed by atoms with Gasteiger partial charge in [0.1, 0.15) is 0 Å². The van der Waals surface area contributed by atoms with Gasteiger partial charge in [-0.15, -0.1) is 0 Å². The number of rotatable bonds is 6. The maximum atomic E-state index is 6.57. The van der Waals surface area contributed by atoms with Crippen molar-refractivity contribution in [3.63, 3.8) is 0 Å². The Hall–Kier alpha value is -2.36. The van der Waals surface area contributed by atoms with E-state index in [9.17, 15) is 0 Å². The molecule has 0 saturated heterocycles. The number of hydrogen-bond donors (Lipinski definition) is 0.